The Morgan fingerprint density at radius 2 is 2.33 bits per heavy atom. The van der Waals surface area contributed by atoms with Crippen molar-refractivity contribution in [2.75, 3.05) is 0 Å². The predicted octanol–water partition coefficient (Wildman–Crippen LogP) is 2.03. The van der Waals surface area contributed by atoms with E-state index in [1.54, 1.807) is 18.2 Å². The molecule has 0 radical (unpaired) electrons. The Morgan fingerprint density at radius 3 is 3.08 bits per heavy atom. The number of H-pyrrole nitrogens is 1. The van der Waals surface area contributed by atoms with Gasteiger partial charge < -0.3 is 0 Å². The Morgan fingerprint density at radius 1 is 1.50 bits per heavy atom. The molecular weight excluding hydrogens is 176 g/mol. The molecule has 0 unspecified atom stereocenters. The van der Waals surface area contributed by atoms with Crippen LogP contribution in [0.4, 0.5) is 0 Å². The van der Waals surface area contributed by atoms with Crippen LogP contribution >= 0.6 is 11.6 Å². The van der Waals surface area contributed by atoms with Crippen molar-refractivity contribution in [3.8, 4) is 0 Å². The average Bonchev–Trinajstić information content (AvgIpc) is 2.46. The largest absolute Gasteiger partial charge is 0.296 e. The lowest BCUT2D eigenvalue weighted by Crippen LogP contribution is -1.77. The number of fused-ring (bicyclic) bond motifs is 1. The minimum absolute atomic E-state index is 0.488. The standard InChI is InChI=1S/C8H5ClN2O/c9-5-1-2-6-7(3-5)10-11-8(6)4-12/h1-4H,(H,10,11). The van der Waals surface area contributed by atoms with Crippen molar-refractivity contribution in [3.63, 3.8) is 0 Å². The number of hydrogen-bond donors (Lipinski definition) is 1. The average molecular weight is 181 g/mol. The number of aromatic nitrogens is 2. The van der Waals surface area contributed by atoms with Crippen molar-refractivity contribution in [3.05, 3.63) is 28.9 Å². The summed E-state index contributed by atoms with van der Waals surface area (Å²) < 4.78 is 0. The minimum atomic E-state index is 0.488. The van der Waals surface area contributed by atoms with Crippen LogP contribution in [0.2, 0.25) is 5.02 Å². The van der Waals surface area contributed by atoms with Gasteiger partial charge in [-0.1, -0.05) is 11.6 Å². The smallest absolute Gasteiger partial charge is 0.168 e. The fourth-order valence-corrected chi connectivity index (χ4v) is 1.26. The van der Waals surface area contributed by atoms with Crippen molar-refractivity contribution in [1.82, 2.24) is 10.2 Å². The number of hydrogen-bond acceptors (Lipinski definition) is 2. The summed E-state index contributed by atoms with van der Waals surface area (Å²) in [5.74, 6) is 0. The maximum absolute atomic E-state index is 10.5. The van der Waals surface area contributed by atoms with Crippen molar-refractivity contribution >= 4 is 28.8 Å². The van der Waals surface area contributed by atoms with E-state index in [0.29, 0.717) is 16.2 Å². The highest BCUT2D eigenvalue weighted by atomic mass is 35.5. The normalized spacial score (nSPS) is 10.4. The zero-order valence-electron chi connectivity index (χ0n) is 6.04. The SMILES string of the molecule is O=Cc1[nH]nc2cc(Cl)ccc12. The van der Waals surface area contributed by atoms with Crippen LogP contribution in [-0.4, -0.2) is 16.5 Å². The molecule has 1 aromatic carbocycles. The molecule has 0 bridgehead atoms. The number of carbonyl (C=O) groups excluding carboxylic acids is 1. The molecule has 0 atom stereocenters. The van der Waals surface area contributed by atoms with Gasteiger partial charge in [0.15, 0.2) is 6.29 Å². The van der Waals surface area contributed by atoms with Crippen LogP contribution in [0.15, 0.2) is 18.2 Å². The number of rotatable bonds is 1. The highest BCUT2D eigenvalue weighted by molar-refractivity contribution is 6.31. The first-order valence-electron chi connectivity index (χ1n) is 3.40. The molecule has 0 saturated heterocycles. The van der Waals surface area contributed by atoms with Gasteiger partial charge in [-0.05, 0) is 18.2 Å². The summed E-state index contributed by atoms with van der Waals surface area (Å²) in [5, 5.41) is 7.94. The number of nitrogens with one attached hydrogen (secondary N) is 1. The molecule has 12 heavy (non-hydrogen) atoms. The monoisotopic (exact) mass is 180 g/mol. The van der Waals surface area contributed by atoms with Crippen LogP contribution < -0.4 is 0 Å². The summed E-state index contributed by atoms with van der Waals surface area (Å²) in [6.45, 7) is 0. The topological polar surface area (TPSA) is 45.8 Å². The maximum atomic E-state index is 10.5. The van der Waals surface area contributed by atoms with Gasteiger partial charge in [-0.2, -0.15) is 5.10 Å². The number of halogens is 1. The molecule has 0 saturated carbocycles. The van der Waals surface area contributed by atoms with Crippen molar-refractivity contribution in [2.24, 2.45) is 0 Å². The van der Waals surface area contributed by atoms with E-state index in [4.69, 9.17) is 11.6 Å². The molecule has 3 nitrogen and oxygen atoms in total. The van der Waals surface area contributed by atoms with Gasteiger partial charge in [0, 0.05) is 10.4 Å². The van der Waals surface area contributed by atoms with E-state index in [1.165, 1.54) is 0 Å². The summed E-state index contributed by atoms with van der Waals surface area (Å²) >= 11 is 5.73. The van der Waals surface area contributed by atoms with Crippen LogP contribution in [0.3, 0.4) is 0 Å². The molecule has 0 fully saturated rings. The van der Waals surface area contributed by atoms with E-state index in [1.807, 2.05) is 0 Å². The molecule has 0 spiro atoms. The van der Waals surface area contributed by atoms with Gasteiger partial charge in [0.05, 0.1) is 5.52 Å². The van der Waals surface area contributed by atoms with Gasteiger partial charge >= 0.3 is 0 Å². The van der Waals surface area contributed by atoms with E-state index in [0.717, 1.165) is 11.7 Å². The van der Waals surface area contributed by atoms with Crippen LogP contribution in [-0.2, 0) is 0 Å². The van der Waals surface area contributed by atoms with Crippen molar-refractivity contribution < 1.29 is 4.79 Å². The third-order valence-corrected chi connectivity index (χ3v) is 1.90. The molecular formula is C8H5ClN2O. The van der Waals surface area contributed by atoms with E-state index in [9.17, 15) is 4.79 Å². The third kappa shape index (κ3) is 0.987. The Kier molecular flexibility index (Phi) is 1.59. The second kappa shape index (κ2) is 2.60. The van der Waals surface area contributed by atoms with Crippen LogP contribution in [0.25, 0.3) is 10.9 Å². The van der Waals surface area contributed by atoms with E-state index in [2.05, 4.69) is 10.2 Å². The van der Waals surface area contributed by atoms with E-state index < -0.39 is 0 Å². The van der Waals surface area contributed by atoms with Gasteiger partial charge in [-0.25, -0.2) is 0 Å². The molecule has 0 amide bonds. The lowest BCUT2D eigenvalue weighted by Gasteiger charge is -1.88. The summed E-state index contributed by atoms with van der Waals surface area (Å²) in [7, 11) is 0. The molecule has 1 heterocycles. The van der Waals surface area contributed by atoms with E-state index in [-0.39, 0.29) is 0 Å². The molecule has 60 valence electrons. The van der Waals surface area contributed by atoms with Crippen LogP contribution in [0, 0.1) is 0 Å². The second-order valence-corrected chi connectivity index (χ2v) is 2.85. The second-order valence-electron chi connectivity index (χ2n) is 2.42. The Labute approximate surface area is 73.3 Å². The molecule has 0 aliphatic rings. The van der Waals surface area contributed by atoms with Gasteiger partial charge in [-0.3, -0.25) is 9.89 Å². The molecule has 0 aliphatic heterocycles. The van der Waals surface area contributed by atoms with Gasteiger partial charge in [-0.15, -0.1) is 0 Å². The Bertz CT molecular complexity index is 436. The van der Waals surface area contributed by atoms with Crippen molar-refractivity contribution in [1.29, 1.82) is 0 Å². The van der Waals surface area contributed by atoms with E-state index >= 15 is 0 Å². The molecule has 1 aromatic heterocycles. The zero-order chi connectivity index (χ0) is 8.55. The summed E-state index contributed by atoms with van der Waals surface area (Å²) in [6.07, 6.45) is 0.739. The third-order valence-electron chi connectivity index (χ3n) is 1.66. The van der Waals surface area contributed by atoms with Crippen LogP contribution in [0.1, 0.15) is 10.5 Å². The fourth-order valence-electron chi connectivity index (χ4n) is 1.10. The first-order valence-corrected chi connectivity index (χ1v) is 3.78. The van der Waals surface area contributed by atoms with Crippen molar-refractivity contribution in [2.45, 2.75) is 0 Å². The molecule has 2 rings (SSSR count). The Hall–Kier alpha value is -1.35. The van der Waals surface area contributed by atoms with Crippen LogP contribution in [0.5, 0.6) is 0 Å². The number of nitrogens with zero attached hydrogens (tertiary/aromatic N) is 1. The van der Waals surface area contributed by atoms with Gasteiger partial charge in [0.1, 0.15) is 5.69 Å². The number of aromatic amines is 1. The Balaban J connectivity index is 2.81. The lowest BCUT2D eigenvalue weighted by molar-refractivity contribution is 0.112. The zero-order valence-corrected chi connectivity index (χ0v) is 6.80. The first-order chi connectivity index (χ1) is 5.81. The maximum Gasteiger partial charge on any atom is 0.168 e. The number of benzene rings is 1. The van der Waals surface area contributed by atoms with Gasteiger partial charge in [0.25, 0.3) is 0 Å². The highest BCUT2D eigenvalue weighted by Crippen LogP contribution is 2.18. The first kappa shape index (κ1) is 7.31. The molecule has 2 aromatic rings. The summed E-state index contributed by atoms with van der Waals surface area (Å²) in [5.41, 5.74) is 1.20. The quantitative estimate of drug-likeness (QED) is 0.683. The molecule has 0 aliphatic carbocycles. The lowest BCUT2D eigenvalue weighted by atomic mass is 10.2. The number of aldehydes is 1. The minimum Gasteiger partial charge on any atom is -0.296 e. The van der Waals surface area contributed by atoms with Gasteiger partial charge in [0.2, 0.25) is 0 Å². The number of carbonyl (C=O) groups is 1. The fraction of sp³-hybridized carbons (Fsp3) is 0. The summed E-state index contributed by atoms with van der Waals surface area (Å²) in [6, 6.07) is 5.21. The predicted molar refractivity (Wildman–Crippen MR) is 46.5 cm³/mol. The highest BCUT2D eigenvalue weighted by Gasteiger charge is 2.03. The summed E-state index contributed by atoms with van der Waals surface area (Å²) in [4.78, 5) is 10.5. The molecule has 1 N–H and O–H groups in total. The molecule has 4 heteroatoms.